The fraction of sp³-hybridized carbons (Fsp3) is 0.250. The van der Waals surface area contributed by atoms with Crippen LogP contribution in [-0.2, 0) is 22.0 Å². The molecule has 3 aromatic carbocycles. The molecule has 0 saturated heterocycles. The largest absolute Gasteiger partial charge is 0.489 e. The van der Waals surface area contributed by atoms with Crippen LogP contribution in [0.15, 0.2) is 77.7 Å². The molecule has 0 aromatic heterocycles. The van der Waals surface area contributed by atoms with Gasteiger partial charge in [-0.15, -0.1) is 0 Å². The van der Waals surface area contributed by atoms with Gasteiger partial charge in [-0.2, -0.15) is 0 Å². The van der Waals surface area contributed by atoms with Gasteiger partial charge in [-0.1, -0.05) is 60.5 Å². The van der Waals surface area contributed by atoms with Gasteiger partial charge >= 0.3 is 0 Å². The van der Waals surface area contributed by atoms with Crippen molar-refractivity contribution in [2.24, 2.45) is 5.14 Å². The Bertz CT molecular complexity index is 1100. The van der Waals surface area contributed by atoms with E-state index in [0.29, 0.717) is 0 Å². The molecule has 0 atom stereocenters. The van der Waals surface area contributed by atoms with Crippen LogP contribution < -0.4 is 9.88 Å². The molecular weight excluding hydrogens is 382 g/mol. The van der Waals surface area contributed by atoms with Crippen LogP contribution in [0.5, 0.6) is 5.75 Å². The number of aryl methyl sites for hydroxylation is 1. The van der Waals surface area contributed by atoms with Gasteiger partial charge in [-0.25, -0.2) is 13.6 Å². The summed E-state index contributed by atoms with van der Waals surface area (Å²) < 4.78 is 28.9. The van der Waals surface area contributed by atoms with Crippen molar-refractivity contribution in [1.29, 1.82) is 0 Å². The van der Waals surface area contributed by atoms with Crippen molar-refractivity contribution in [2.45, 2.75) is 43.1 Å². The minimum Gasteiger partial charge on any atom is -0.489 e. The van der Waals surface area contributed by atoms with Crippen molar-refractivity contribution >= 4 is 10.0 Å². The van der Waals surface area contributed by atoms with Gasteiger partial charge in [-0.05, 0) is 60.7 Å². The molecular formula is C24H25NO3S. The van der Waals surface area contributed by atoms with Crippen molar-refractivity contribution in [2.75, 3.05) is 0 Å². The first kappa shape index (κ1) is 19.7. The van der Waals surface area contributed by atoms with Crippen LogP contribution in [-0.4, -0.2) is 8.42 Å². The maximum Gasteiger partial charge on any atom is 0.238 e. The molecule has 1 fully saturated rings. The van der Waals surface area contributed by atoms with E-state index in [9.17, 15) is 8.42 Å². The van der Waals surface area contributed by atoms with Crippen LogP contribution >= 0.6 is 0 Å². The summed E-state index contributed by atoms with van der Waals surface area (Å²) >= 11 is 0. The summed E-state index contributed by atoms with van der Waals surface area (Å²) in [7, 11) is -3.71. The molecule has 150 valence electrons. The third-order valence-electron chi connectivity index (χ3n) is 5.85. The van der Waals surface area contributed by atoms with Gasteiger partial charge < -0.3 is 4.74 Å². The SMILES string of the molecule is Cc1ccc(C2(c3ccc(OCc4cccc(S(N)(=O)=O)c4)cc3)CCC2)cc1. The van der Waals surface area contributed by atoms with Crippen molar-refractivity contribution in [1.82, 2.24) is 0 Å². The Labute approximate surface area is 172 Å². The van der Waals surface area contributed by atoms with Crippen LogP contribution in [0.25, 0.3) is 0 Å². The molecule has 4 nitrogen and oxygen atoms in total. The Morgan fingerprint density at radius 2 is 1.55 bits per heavy atom. The number of hydrogen-bond donors (Lipinski definition) is 1. The molecule has 3 aromatic rings. The van der Waals surface area contributed by atoms with E-state index in [1.165, 1.54) is 29.2 Å². The number of sulfonamides is 1. The lowest BCUT2D eigenvalue weighted by molar-refractivity contribution is 0.296. The monoisotopic (exact) mass is 407 g/mol. The second-order valence-electron chi connectivity index (χ2n) is 7.81. The van der Waals surface area contributed by atoms with Gasteiger partial charge in [0.2, 0.25) is 10.0 Å². The molecule has 0 aliphatic heterocycles. The van der Waals surface area contributed by atoms with Crippen LogP contribution in [0.3, 0.4) is 0 Å². The molecule has 0 bridgehead atoms. The molecule has 0 heterocycles. The number of hydrogen-bond acceptors (Lipinski definition) is 3. The van der Waals surface area contributed by atoms with Gasteiger partial charge in [-0.3, -0.25) is 0 Å². The maximum atomic E-state index is 11.5. The highest BCUT2D eigenvalue weighted by Crippen LogP contribution is 2.49. The van der Waals surface area contributed by atoms with Gasteiger partial charge in [0.25, 0.3) is 0 Å². The van der Waals surface area contributed by atoms with Crippen LogP contribution in [0.4, 0.5) is 0 Å². The van der Waals surface area contributed by atoms with E-state index in [1.54, 1.807) is 12.1 Å². The summed E-state index contributed by atoms with van der Waals surface area (Å²) in [6.45, 7) is 2.40. The second-order valence-corrected chi connectivity index (χ2v) is 9.37. The molecule has 0 unspecified atom stereocenters. The molecule has 5 heteroatoms. The predicted molar refractivity (Wildman–Crippen MR) is 114 cm³/mol. The van der Waals surface area contributed by atoms with Crippen molar-refractivity contribution in [3.05, 3.63) is 95.1 Å². The van der Waals surface area contributed by atoms with E-state index < -0.39 is 10.0 Å². The van der Waals surface area contributed by atoms with Crippen LogP contribution in [0, 0.1) is 6.92 Å². The zero-order valence-electron chi connectivity index (χ0n) is 16.5. The third kappa shape index (κ3) is 4.07. The Kier molecular flexibility index (Phi) is 5.19. The molecule has 0 spiro atoms. The number of nitrogens with two attached hydrogens (primary N) is 1. The Balaban J connectivity index is 1.49. The van der Waals surface area contributed by atoms with Crippen molar-refractivity contribution in [3.63, 3.8) is 0 Å². The number of rotatable bonds is 6. The lowest BCUT2D eigenvalue weighted by Crippen LogP contribution is -2.35. The summed E-state index contributed by atoms with van der Waals surface area (Å²) in [5, 5.41) is 5.20. The fourth-order valence-corrected chi connectivity index (χ4v) is 4.58. The first-order valence-corrected chi connectivity index (χ1v) is 11.3. The Hall–Kier alpha value is -2.63. The molecule has 1 saturated carbocycles. The van der Waals surface area contributed by atoms with E-state index in [-0.39, 0.29) is 16.9 Å². The van der Waals surface area contributed by atoms with Crippen molar-refractivity contribution < 1.29 is 13.2 Å². The van der Waals surface area contributed by atoms with E-state index in [0.717, 1.165) is 24.2 Å². The minimum atomic E-state index is -3.71. The van der Waals surface area contributed by atoms with Crippen LogP contribution in [0.2, 0.25) is 0 Å². The smallest absolute Gasteiger partial charge is 0.238 e. The minimum absolute atomic E-state index is 0.0963. The van der Waals surface area contributed by atoms with E-state index >= 15 is 0 Å². The van der Waals surface area contributed by atoms with Crippen LogP contribution in [0.1, 0.15) is 41.5 Å². The molecule has 1 aliphatic rings. The maximum absolute atomic E-state index is 11.5. The zero-order chi connectivity index (χ0) is 20.5. The van der Waals surface area contributed by atoms with Gasteiger partial charge in [0.15, 0.2) is 0 Å². The summed E-state index contributed by atoms with van der Waals surface area (Å²) in [5.41, 5.74) is 4.84. The number of ether oxygens (including phenoxy) is 1. The van der Waals surface area contributed by atoms with Gasteiger partial charge in [0, 0.05) is 5.41 Å². The Morgan fingerprint density at radius 1 is 0.931 bits per heavy atom. The molecule has 2 N–H and O–H groups in total. The normalized spacial score (nSPS) is 15.5. The molecule has 4 rings (SSSR count). The number of benzene rings is 3. The summed E-state index contributed by atoms with van der Waals surface area (Å²) in [6, 6.07) is 23.7. The topological polar surface area (TPSA) is 69.4 Å². The second kappa shape index (κ2) is 7.65. The zero-order valence-corrected chi connectivity index (χ0v) is 17.3. The number of primary sulfonamides is 1. The molecule has 1 aliphatic carbocycles. The van der Waals surface area contributed by atoms with E-state index in [4.69, 9.17) is 9.88 Å². The fourth-order valence-electron chi connectivity index (χ4n) is 4.00. The van der Waals surface area contributed by atoms with E-state index in [1.807, 2.05) is 18.2 Å². The van der Waals surface area contributed by atoms with E-state index in [2.05, 4.69) is 43.3 Å². The average Bonchev–Trinajstić information content (AvgIpc) is 2.67. The summed E-state index contributed by atoms with van der Waals surface area (Å²) in [6.07, 6.45) is 3.57. The highest BCUT2D eigenvalue weighted by atomic mass is 32.2. The Morgan fingerprint density at radius 3 is 2.10 bits per heavy atom. The first-order valence-electron chi connectivity index (χ1n) is 9.79. The van der Waals surface area contributed by atoms with Crippen molar-refractivity contribution in [3.8, 4) is 5.75 Å². The first-order chi connectivity index (χ1) is 13.9. The van der Waals surface area contributed by atoms with Gasteiger partial charge in [0.05, 0.1) is 4.90 Å². The highest BCUT2D eigenvalue weighted by Gasteiger charge is 2.40. The quantitative estimate of drug-likeness (QED) is 0.644. The summed E-state index contributed by atoms with van der Waals surface area (Å²) in [5.74, 6) is 0.758. The lowest BCUT2D eigenvalue weighted by Gasteiger charge is -2.43. The molecule has 0 amide bonds. The molecule has 29 heavy (non-hydrogen) atoms. The average molecular weight is 408 g/mol. The predicted octanol–water partition coefficient (Wildman–Crippen LogP) is 4.69. The lowest BCUT2D eigenvalue weighted by atomic mass is 9.60. The summed E-state index contributed by atoms with van der Waals surface area (Å²) in [4.78, 5) is 0.0963. The standard InChI is InChI=1S/C24H25NO3S/c1-18-6-8-20(9-7-18)24(14-3-15-24)21-10-12-22(13-11-21)28-17-19-4-2-5-23(16-19)29(25,26)27/h2,4-13,16H,3,14-15,17H2,1H3,(H2,25,26,27). The van der Waals surface area contributed by atoms with Gasteiger partial charge in [0.1, 0.15) is 12.4 Å². The third-order valence-corrected chi connectivity index (χ3v) is 6.76. The highest BCUT2D eigenvalue weighted by molar-refractivity contribution is 7.89. The molecule has 0 radical (unpaired) electrons.